The molecule has 96 valence electrons. The summed E-state index contributed by atoms with van der Waals surface area (Å²) in [6, 6.07) is 0. The Hall–Kier alpha value is -0.870. The van der Waals surface area contributed by atoms with E-state index in [0.717, 1.165) is 25.6 Å². The molecule has 1 saturated heterocycles. The van der Waals surface area contributed by atoms with Gasteiger partial charge in [0, 0.05) is 31.4 Å². The van der Waals surface area contributed by atoms with Crippen LogP contribution in [0, 0.1) is 5.92 Å². The third kappa shape index (κ3) is 3.54. The molecule has 1 aromatic heterocycles. The number of piperidine rings is 1. The highest BCUT2D eigenvalue weighted by atomic mass is 15.3. The van der Waals surface area contributed by atoms with Gasteiger partial charge in [0.05, 0.1) is 6.20 Å². The molecule has 1 fully saturated rings. The van der Waals surface area contributed by atoms with Gasteiger partial charge in [-0.3, -0.25) is 9.58 Å². The molecular weight excluding hydrogens is 212 g/mol. The Bertz CT molecular complexity index is 332. The second kappa shape index (κ2) is 6.17. The van der Waals surface area contributed by atoms with Gasteiger partial charge in [0.25, 0.3) is 0 Å². The summed E-state index contributed by atoms with van der Waals surface area (Å²) in [7, 11) is 0. The van der Waals surface area contributed by atoms with Gasteiger partial charge < -0.3 is 5.73 Å². The van der Waals surface area contributed by atoms with Crippen molar-refractivity contribution in [3.8, 4) is 0 Å². The Morgan fingerprint density at radius 1 is 1.53 bits per heavy atom. The van der Waals surface area contributed by atoms with Gasteiger partial charge in [0.2, 0.25) is 0 Å². The summed E-state index contributed by atoms with van der Waals surface area (Å²) in [5.74, 6) is 0.801. The van der Waals surface area contributed by atoms with E-state index in [-0.39, 0.29) is 0 Å². The van der Waals surface area contributed by atoms with E-state index in [1.165, 1.54) is 37.9 Å². The van der Waals surface area contributed by atoms with E-state index < -0.39 is 0 Å². The van der Waals surface area contributed by atoms with Gasteiger partial charge in [0.15, 0.2) is 0 Å². The van der Waals surface area contributed by atoms with Crippen LogP contribution in [0.3, 0.4) is 0 Å². The van der Waals surface area contributed by atoms with Crippen LogP contribution in [0.2, 0.25) is 0 Å². The molecule has 0 radical (unpaired) electrons. The third-order valence-corrected chi connectivity index (χ3v) is 3.59. The minimum Gasteiger partial charge on any atom is -0.330 e. The molecule has 2 rings (SSSR count). The first-order chi connectivity index (χ1) is 8.31. The van der Waals surface area contributed by atoms with Crippen LogP contribution in [0.4, 0.5) is 0 Å². The number of hydrogen-bond acceptors (Lipinski definition) is 3. The molecule has 0 amide bonds. The number of hydrogen-bond donors (Lipinski definition) is 1. The largest absolute Gasteiger partial charge is 0.330 e. The Balaban J connectivity index is 1.85. The maximum absolute atomic E-state index is 5.65. The lowest BCUT2D eigenvalue weighted by atomic mass is 9.95. The molecule has 0 bridgehead atoms. The number of nitrogens with two attached hydrogens (primary N) is 1. The zero-order valence-electron chi connectivity index (χ0n) is 10.8. The van der Waals surface area contributed by atoms with Crippen molar-refractivity contribution in [2.24, 2.45) is 11.7 Å². The Kier molecular flexibility index (Phi) is 4.57. The highest BCUT2D eigenvalue weighted by Crippen LogP contribution is 2.20. The first-order valence-corrected chi connectivity index (χ1v) is 6.75. The lowest BCUT2D eigenvalue weighted by molar-refractivity contribution is 0.163. The number of likely N-dealkylation sites (tertiary alicyclic amines) is 1. The van der Waals surface area contributed by atoms with Crippen molar-refractivity contribution >= 4 is 0 Å². The lowest BCUT2D eigenvalue weighted by Crippen LogP contribution is -2.35. The van der Waals surface area contributed by atoms with E-state index in [1.807, 2.05) is 10.9 Å². The summed E-state index contributed by atoms with van der Waals surface area (Å²) >= 11 is 0. The van der Waals surface area contributed by atoms with Crippen molar-refractivity contribution in [2.45, 2.75) is 39.3 Å². The van der Waals surface area contributed by atoms with Gasteiger partial charge in [-0.1, -0.05) is 0 Å². The highest BCUT2D eigenvalue weighted by Gasteiger charge is 2.19. The van der Waals surface area contributed by atoms with Crippen molar-refractivity contribution in [1.82, 2.24) is 14.7 Å². The Morgan fingerprint density at radius 3 is 3.12 bits per heavy atom. The summed E-state index contributed by atoms with van der Waals surface area (Å²) in [6.07, 6.45) is 7.99. The molecule has 0 aliphatic carbocycles. The van der Waals surface area contributed by atoms with Crippen molar-refractivity contribution in [3.63, 3.8) is 0 Å². The van der Waals surface area contributed by atoms with Crippen LogP contribution < -0.4 is 5.73 Å². The third-order valence-electron chi connectivity index (χ3n) is 3.59. The van der Waals surface area contributed by atoms with E-state index >= 15 is 0 Å². The van der Waals surface area contributed by atoms with E-state index in [2.05, 4.69) is 23.1 Å². The van der Waals surface area contributed by atoms with E-state index in [1.54, 1.807) is 0 Å². The molecule has 1 aliphatic rings. The summed E-state index contributed by atoms with van der Waals surface area (Å²) < 4.78 is 2.00. The van der Waals surface area contributed by atoms with E-state index in [4.69, 9.17) is 5.73 Å². The standard InChI is InChI=1S/C13H24N4/c1-2-17-11-13(8-15-17)10-16-7-3-4-12(9-16)5-6-14/h8,11-12H,2-7,9-10,14H2,1H3. The van der Waals surface area contributed by atoms with Crippen LogP contribution >= 0.6 is 0 Å². The molecule has 2 N–H and O–H groups in total. The zero-order chi connectivity index (χ0) is 12.1. The molecular formula is C13H24N4. The lowest BCUT2D eigenvalue weighted by Gasteiger charge is -2.32. The molecule has 4 nitrogen and oxygen atoms in total. The molecule has 1 aliphatic heterocycles. The average Bonchev–Trinajstić information content (AvgIpc) is 2.78. The second-order valence-corrected chi connectivity index (χ2v) is 5.02. The molecule has 1 atom stereocenters. The predicted octanol–water partition coefficient (Wildman–Crippen LogP) is 1.46. The van der Waals surface area contributed by atoms with Crippen LogP contribution in [-0.4, -0.2) is 34.3 Å². The van der Waals surface area contributed by atoms with Gasteiger partial charge in [0.1, 0.15) is 0 Å². The Morgan fingerprint density at radius 2 is 2.41 bits per heavy atom. The number of rotatable bonds is 5. The van der Waals surface area contributed by atoms with Crippen molar-refractivity contribution in [1.29, 1.82) is 0 Å². The van der Waals surface area contributed by atoms with Crippen LogP contribution in [0.1, 0.15) is 31.7 Å². The second-order valence-electron chi connectivity index (χ2n) is 5.02. The van der Waals surface area contributed by atoms with Crippen molar-refractivity contribution in [3.05, 3.63) is 18.0 Å². The smallest absolute Gasteiger partial charge is 0.0534 e. The van der Waals surface area contributed by atoms with E-state index in [0.29, 0.717) is 0 Å². The number of aromatic nitrogens is 2. The fraction of sp³-hybridized carbons (Fsp3) is 0.769. The highest BCUT2D eigenvalue weighted by molar-refractivity contribution is 5.03. The summed E-state index contributed by atoms with van der Waals surface area (Å²) in [6.45, 7) is 7.37. The van der Waals surface area contributed by atoms with Crippen molar-refractivity contribution < 1.29 is 0 Å². The fourth-order valence-electron chi connectivity index (χ4n) is 2.69. The van der Waals surface area contributed by atoms with Gasteiger partial charge in [-0.25, -0.2) is 0 Å². The van der Waals surface area contributed by atoms with Gasteiger partial charge in [-0.15, -0.1) is 0 Å². The maximum Gasteiger partial charge on any atom is 0.0534 e. The molecule has 0 saturated carbocycles. The van der Waals surface area contributed by atoms with Crippen LogP contribution in [-0.2, 0) is 13.1 Å². The molecule has 0 spiro atoms. The number of aryl methyl sites for hydroxylation is 1. The monoisotopic (exact) mass is 236 g/mol. The molecule has 4 heteroatoms. The van der Waals surface area contributed by atoms with E-state index in [9.17, 15) is 0 Å². The number of nitrogens with zero attached hydrogens (tertiary/aromatic N) is 3. The average molecular weight is 236 g/mol. The van der Waals surface area contributed by atoms with Gasteiger partial charge in [-0.2, -0.15) is 5.10 Å². The minimum atomic E-state index is 0.801. The van der Waals surface area contributed by atoms with Crippen LogP contribution in [0.25, 0.3) is 0 Å². The first-order valence-electron chi connectivity index (χ1n) is 6.75. The van der Waals surface area contributed by atoms with Gasteiger partial charge >= 0.3 is 0 Å². The molecule has 17 heavy (non-hydrogen) atoms. The topological polar surface area (TPSA) is 47.1 Å². The van der Waals surface area contributed by atoms with Crippen molar-refractivity contribution in [2.75, 3.05) is 19.6 Å². The molecule has 2 heterocycles. The first kappa shape index (κ1) is 12.6. The summed E-state index contributed by atoms with van der Waals surface area (Å²) in [5.41, 5.74) is 6.98. The van der Waals surface area contributed by atoms with Gasteiger partial charge in [-0.05, 0) is 45.2 Å². The molecule has 1 unspecified atom stereocenters. The summed E-state index contributed by atoms with van der Waals surface area (Å²) in [4.78, 5) is 2.54. The SMILES string of the molecule is CCn1cc(CN2CCCC(CCN)C2)cn1. The predicted molar refractivity (Wildman–Crippen MR) is 69.6 cm³/mol. The molecule has 0 aromatic carbocycles. The molecule has 1 aromatic rings. The maximum atomic E-state index is 5.65. The zero-order valence-corrected chi connectivity index (χ0v) is 10.8. The van der Waals surface area contributed by atoms with Crippen LogP contribution in [0.5, 0.6) is 0 Å². The summed E-state index contributed by atoms with van der Waals surface area (Å²) in [5, 5.41) is 4.33. The minimum absolute atomic E-state index is 0.801. The Labute approximate surface area is 104 Å². The quantitative estimate of drug-likeness (QED) is 0.842. The fourth-order valence-corrected chi connectivity index (χ4v) is 2.69. The normalized spacial score (nSPS) is 21.9. The van der Waals surface area contributed by atoms with Crippen LogP contribution in [0.15, 0.2) is 12.4 Å².